The van der Waals surface area contributed by atoms with Crippen molar-refractivity contribution in [2.24, 2.45) is 7.05 Å². The molecule has 0 aliphatic heterocycles. The number of aryl methyl sites for hydroxylation is 3. The molecule has 2 aromatic carbocycles. The molecular weight excluding hydrogens is 382 g/mol. The van der Waals surface area contributed by atoms with E-state index in [1.165, 1.54) is 17.5 Å². The van der Waals surface area contributed by atoms with Crippen molar-refractivity contribution >= 4 is 20.9 Å². The van der Waals surface area contributed by atoms with E-state index in [0.717, 1.165) is 35.7 Å². The standard InChI is InChI=1S/C23H29N3O2S/c1-25(2)23(21-16-26(3)22-11-7-6-10-20(21)22)15-24-29(27,28)19-13-12-17-8-4-5-9-18(17)14-19/h6-7,10-14,16,23-24H,4-5,8-9,15H2,1-3H3/t23-/m0/s1. The van der Waals surface area contributed by atoms with E-state index in [-0.39, 0.29) is 6.04 Å². The minimum atomic E-state index is -3.56. The highest BCUT2D eigenvalue weighted by Crippen LogP contribution is 2.29. The fourth-order valence-electron chi connectivity index (χ4n) is 4.36. The van der Waals surface area contributed by atoms with Crippen LogP contribution in [-0.2, 0) is 29.9 Å². The fourth-order valence-corrected chi connectivity index (χ4v) is 5.45. The van der Waals surface area contributed by atoms with E-state index in [1.54, 1.807) is 6.07 Å². The van der Waals surface area contributed by atoms with Crippen LogP contribution in [0.5, 0.6) is 0 Å². The average molecular weight is 412 g/mol. The zero-order valence-corrected chi connectivity index (χ0v) is 18.2. The van der Waals surface area contributed by atoms with Gasteiger partial charge < -0.3 is 9.47 Å². The predicted octanol–water partition coefficient (Wildman–Crippen LogP) is 3.64. The summed E-state index contributed by atoms with van der Waals surface area (Å²) in [4.78, 5) is 2.44. The van der Waals surface area contributed by atoms with Gasteiger partial charge in [-0.2, -0.15) is 0 Å². The van der Waals surface area contributed by atoms with Crippen LogP contribution in [-0.4, -0.2) is 38.5 Å². The number of benzene rings is 2. The van der Waals surface area contributed by atoms with Gasteiger partial charge in [-0.1, -0.05) is 24.3 Å². The van der Waals surface area contributed by atoms with Gasteiger partial charge in [-0.15, -0.1) is 0 Å². The van der Waals surface area contributed by atoms with Crippen molar-refractivity contribution in [3.05, 3.63) is 65.4 Å². The highest BCUT2D eigenvalue weighted by atomic mass is 32.2. The number of nitrogens with one attached hydrogen (secondary N) is 1. The summed E-state index contributed by atoms with van der Waals surface area (Å²) in [6.07, 6.45) is 6.44. The lowest BCUT2D eigenvalue weighted by Crippen LogP contribution is -2.34. The summed E-state index contributed by atoms with van der Waals surface area (Å²) < 4.78 is 31.0. The van der Waals surface area contributed by atoms with E-state index in [0.29, 0.717) is 11.4 Å². The lowest BCUT2D eigenvalue weighted by Gasteiger charge is -2.25. The number of aromatic nitrogens is 1. The number of fused-ring (bicyclic) bond motifs is 2. The second-order valence-corrected chi connectivity index (χ2v) is 9.95. The molecule has 1 aliphatic carbocycles. The Labute approximate surface area is 173 Å². The van der Waals surface area contributed by atoms with E-state index >= 15 is 0 Å². The van der Waals surface area contributed by atoms with Gasteiger partial charge in [-0.25, -0.2) is 13.1 Å². The van der Waals surface area contributed by atoms with Crippen molar-refractivity contribution in [2.45, 2.75) is 36.6 Å². The Morgan fingerprint density at radius 3 is 2.55 bits per heavy atom. The Bertz CT molecular complexity index is 1130. The van der Waals surface area contributed by atoms with E-state index in [2.05, 4.69) is 32.5 Å². The third kappa shape index (κ3) is 3.97. The molecule has 4 rings (SSSR count). The first-order valence-electron chi connectivity index (χ1n) is 10.2. The fraction of sp³-hybridized carbons (Fsp3) is 0.391. The molecule has 0 radical (unpaired) electrons. The van der Waals surface area contributed by atoms with Gasteiger partial charge in [-0.05, 0) is 74.7 Å². The van der Waals surface area contributed by atoms with Gasteiger partial charge in [0.2, 0.25) is 10.0 Å². The zero-order chi connectivity index (χ0) is 20.6. The molecular formula is C23H29N3O2S. The molecule has 5 nitrogen and oxygen atoms in total. The van der Waals surface area contributed by atoms with Crippen LogP contribution in [0, 0.1) is 0 Å². The molecule has 29 heavy (non-hydrogen) atoms. The van der Waals surface area contributed by atoms with Crippen LogP contribution in [0.15, 0.2) is 53.6 Å². The molecule has 0 saturated carbocycles. The largest absolute Gasteiger partial charge is 0.350 e. The molecule has 3 aromatic rings. The number of hydrogen-bond donors (Lipinski definition) is 1. The molecule has 6 heteroatoms. The van der Waals surface area contributed by atoms with E-state index in [9.17, 15) is 8.42 Å². The smallest absolute Gasteiger partial charge is 0.240 e. The zero-order valence-electron chi connectivity index (χ0n) is 17.4. The first-order chi connectivity index (χ1) is 13.9. The number of rotatable bonds is 6. The molecule has 1 aromatic heterocycles. The van der Waals surface area contributed by atoms with Crippen LogP contribution >= 0.6 is 0 Å². The first kappa shape index (κ1) is 20.1. The van der Waals surface area contributed by atoms with E-state index in [4.69, 9.17) is 0 Å². The minimum absolute atomic E-state index is 0.0616. The van der Waals surface area contributed by atoms with Crippen molar-refractivity contribution < 1.29 is 8.42 Å². The molecule has 1 aliphatic rings. The van der Waals surface area contributed by atoms with Crippen molar-refractivity contribution in [1.29, 1.82) is 0 Å². The first-order valence-corrected chi connectivity index (χ1v) is 11.7. The number of hydrogen-bond acceptors (Lipinski definition) is 3. The van der Waals surface area contributed by atoms with Gasteiger partial charge in [0.25, 0.3) is 0 Å². The summed E-state index contributed by atoms with van der Waals surface area (Å²) in [7, 11) is 2.43. The van der Waals surface area contributed by atoms with Crippen LogP contribution in [0.25, 0.3) is 10.9 Å². The second kappa shape index (κ2) is 7.94. The lowest BCUT2D eigenvalue weighted by atomic mass is 9.92. The molecule has 0 fully saturated rings. The quantitative estimate of drug-likeness (QED) is 0.674. The van der Waals surface area contributed by atoms with Gasteiger partial charge in [0.1, 0.15) is 0 Å². The van der Waals surface area contributed by atoms with Gasteiger partial charge in [0.05, 0.1) is 4.90 Å². The van der Waals surface area contributed by atoms with Gasteiger partial charge in [0, 0.05) is 36.7 Å². The maximum absolute atomic E-state index is 13.0. The molecule has 1 heterocycles. The van der Waals surface area contributed by atoms with Gasteiger partial charge in [0.15, 0.2) is 0 Å². The van der Waals surface area contributed by atoms with E-state index < -0.39 is 10.0 Å². The summed E-state index contributed by atoms with van der Waals surface area (Å²) in [5, 5.41) is 1.15. The normalized spacial score (nSPS) is 15.6. The Kier molecular flexibility index (Phi) is 5.51. The van der Waals surface area contributed by atoms with Crippen molar-refractivity contribution in [3.63, 3.8) is 0 Å². The summed E-state index contributed by atoms with van der Waals surface area (Å²) in [6.45, 7) is 0.320. The molecule has 0 saturated heterocycles. The van der Waals surface area contributed by atoms with Crippen molar-refractivity contribution in [1.82, 2.24) is 14.2 Å². The number of sulfonamides is 1. The summed E-state index contributed by atoms with van der Waals surface area (Å²) in [5.74, 6) is 0. The van der Waals surface area contributed by atoms with E-state index in [1.807, 2.05) is 45.4 Å². The highest BCUT2D eigenvalue weighted by Gasteiger charge is 2.23. The second-order valence-electron chi connectivity index (χ2n) is 8.18. The predicted molar refractivity (Wildman–Crippen MR) is 118 cm³/mol. The van der Waals surface area contributed by atoms with Crippen LogP contribution in [0.2, 0.25) is 0 Å². The summed E-state index contributed by atoms with van der Waals surface area (Å²) >= 11 is 0. The molecule has 0 amide bonds. The Morgan fingerprint density at radius 1 is 1.07 bits per heavy atom. The van der Waals surface area contributed by atoms with Crippen LogP contribution in [0.4, 0.5) is 0 Å². The Hall–Kier alpha value is -2.15. The molecule has 0 unspecified atom stereocenters. The molecule has 0 bridgehead atoms. The third-order valence-electron chi connectivity index (χ3n) is 6.01. The van der Waals surface area contributed by atoms with Crippen LogP contribution < -0.4 is 4.72 Å². The summed E-state index contributed by atoms with van der Waals surface area (Å²) in [5.41, 5.74) is 4.74. The maximum atomic E-state index is 13.0. The van der Waals surface area contributed by atoms with Gasteiger partial charge in [-0.3, -0.25) is 0 Å². The molecule has 1 N–H and O–H groups in total. The van der Waals surface area contributed by atoms with Gasteiger partial charge >= 0.3 is 0 Å². The molecule has 1 atom stereocenters. The number of likely N-dealkylation sites (N-methyl/N-ethyl adjacent to an activating group) is 1. The number of para-hydroxylation sites is 1. The Morgan fingerprint density at radius 2 is 1.79 bits per heavy atom. The summed E-state index contributed by atoms with van der Waals surface area (Å²) in [6, 6.07) is 13.8. The maximum Gasteiger partial charge on any atom is 0.240 e. The number of nitrogens with zero attached hydrogens (tertiary/aromatic N) is 2. The van der Waals surface area contributed by atoms with Crippen LogP contribution in [0.3, 0.4) is 0 Å². The van der Waals surface area contributed by atoms with Crippen molar-refractivity contribution in [2.75, 3.05) is 20.6 Å². The highest BCUT2D eigenvalue weighted by molar-refractivity contribution is 7.89. The SMILES string of the molecule is CN(C)[C@@H](CNS(=O)(=O)c1ccc2c(c1)CCCC2)c1cn(C)c2ccccc12. The average Bonchev–Trinajstić information content (AvgIpc) is 3.04. The minimum Gasteiger partial charge on any atom is -0.350 e. The van der Waals surface area contributed by atoms with Crippen molar-refractivity contribution in [3.8, 4) is 0 Å². The molecule has 154 valence electrons. The van der Waals surface area contributed by atoms with Crippen LogP contribution in [0.1, 0.15) is 35.6 Å². The Balaban J connectivity index is 1.59. The lowest BCUT2D eigenvalue weighted by molar-refractivity contribution is 0.301. The topological polar surface area (TPSA) is 54.3 Å². The monoisotopic (exact) mass is 411 g/mol. The third-order valence-corrected chi connectivity index (χ3v) is 7.43. The molecule has 0 spiro atoms.